The molecule has 6 heteroatoms. The van der Waals surface area contributed by atoms with Crippen molar-refractivity contribution >= 4 is 30.7 Å². The summed E-state index contributed by atoms with van der Waals surface area (Å²) in [5.74, 6) is -0.188. The van der Waals surface area contributed by atoms with Gasteiger partial charge in [-0.25, -0.2) is 9.69 Å². The zero-order chi connectivity index (χ0) is 24.3. The highest BCUT2D eigenvalue weighted by Gasteiger charge is 2.51. The third-order valence-electron chi connectivity index (χ3n) is 6.06. The van der Waals surface area contributed by atoms with E-state index in [0.717, 1.165) is 6.42 Å². The van der Waals surface area contributed by atoms with Crippen molar-refractivity contribution in [1.82, 2.24) is 4.90 Å². The molecule has 1 aliphatic rings. The summed E-state index contributed by atoms with van der Waals surface area (Å²) in [4.78, 5) is 27.0. The fourth-order valence-electron chi connectivity index (χ4n) is 4.64. The molecular formula is C27H37NO4Si. The van der Waals surface area contributed by atoms with Crippen molar-refractivity contribution < 1.29 is 18.8 Å². The molecule has 0 radical (unpaired) electrons. The monoisotopic (exact) mass is 467 g/mol. The maximum atomic E-state index is 12.9. The van der Waals surface area contributed by atoms with Crippen molar-refractivity contribution in [3.63, 3.8) is 0 Å². The second-order valence-electron chi connectivity index (χ2n) is 10.8. The van der Waals surface area contributed by atoms with E-state index < -0.39 is 20.0 Å². The molecule has 1 fully saturated rings. The molecule has 0 aromatic heterocycles. The molecule has 2 aromatic rings. The highest BCUT2D eigenvalue weighted by Crippen LogP contribution is 2.37. The molecule has 0 bridgehead atoms. The van der Waals surface area contributed by atoms with Crippen LogP contribution in [-0.2, 0) is 14.0 Å². The Morgan fingerprint density at radius 1 is 0.939 bits per heavy atom. The van der Waals surface area contributed by atoms with Crippen LogP contribution in [0.15, 0.2) is 60.7 Å². The molecule has 0 saturated carbocycles. The highest BCUT2D eigenvalue weighted by molar-refractivity contribution is 6.99. The Morgan fingerprint density at radius 3 is 1.91 bits per heavy atom. The van der Waals surface area contributed by atoms with E-state index >= 15 is 0 Å². The summed E-state index contributed by atoms with van der Waals surface area (Å²) in [7, 11) is -2.76. The lowest BCUT2D eigenvalue weighted by Gasteiger charge is -2.45. The summed E-state index contributed by atoms with van der Waals surface area (Å²) in [6, 6.07) is 20.4. The van der Waals surface area contributed by atoms with Crippen LogP contribution in [0, 0.1) is 0 Å². The van der Waals surface area contributed by atoms with E-state index in [9.17, 15) is 9.59 Å². The molecule has 5 nitrogen and oxygen atoms in total. The maximum Gasteiger partial charge on any atom is 0.417 e. The van der Waals surface area contributed by atoms with Crippen LogP contribution in [0.5, 0.6) is 0 Å². The number of rotatable bonds is 5. The number of amides is 2. The Morgan fingerprint density at radius 2 is 1.45 bits per heavy atom. The standard InChI is InChI=1S/C27H37NO4Si/c1-26(2,3)32-25(30)28-21(14-13-19-24(28)29)20-31-33(27(4,5)6,22-15-9-7-10-16-22)23-17-11-8-12-18-23/h7-12,15-18,21H,13-14,19-20H2,1-6H3/t21-/m0/s1. The normalized spacial score (nSPS) is 17.7. The van der Waals surface area contributed by atoms with Gasteiger partial charge >= 0.3 is 6.09 Å². The van der Waals surface area contributed by atoms with Crippen molar-refractivity contribution in [1.29, 1.82) is 0 Å². The predicted molar refractivity (Wildman–Crippen MR) is 134 cm³/mol. The van der Waals surface area contributed by atoms with E-state index in [2.05, 4.69) is 45.0 Å². The molecule has 0 unspecified atom stereocenters. The molecule has 1 aliphatic heterocycles. The molecule has 178 valence electrons. The van der Waals surface area contributed by atoms with Gasteiger partial charge in [-0.05, 0) is 49.0 Å². The molecule has 1 saturated heterocycles. The molecule has 2 aromatic carbocycles. The van der Waals surface area contributed by atoms with Crippen molar-refractivity contribution in [3.05, 3.63) is 60.7 Å². The van der Waals surface area contributed by atoms with Gasteiger partial charge in [-0.2, -0.15) is 0 Å². The lowest BCUT2D eigenvalue weighted by Crippen LogP contribution is -2.67. The summed E-state index contributed by atoms with van der Waals surface area (Å²) in [6.07, 6.45) is 1.23. The maximum absolute atomic E-state index is 12.9. The average Bonchev–Trinajstić information content (AvgIpc) is 2.73. The van der Waals surface area contributed by atoms with Gasteiger partial charge in [-0.15, -0.1) is 0 Å². The second kappa shape index (κ2) is 9.81. The van der Waals surface area contributed by atoms with Crippen molar-refractivity contribution in [2.45, 2.75) is 77.5 Å². The van der Waals surface area contributed by atoms with Crippen molar-refractivity contribution in [3.8, 4) is 0 Å². The van der Waals surface area contributed by atoms with Gasteiger partial charge in [-0.1, -0.05) is 81.4 Å². The molecule has 2 amide bonds. The lowest BCUT2D eigenvalue weighted by atomic mass is 10.0. The minimum absolute atomic E-state index is 0.175. The van der Waals surface area contributed by atoms with Gasteiger partial charge in [0, 0.05) is 6.42 Å². The topological polar surface area (TPSA) is 55.8 Å². The van der Waals surface area contributed by atoms with Gasteiger partial charge in [0.25, 0.3) is 8.32 Å². The minimum Gasteiger partial charge on any atom is -0.443 e. The van der Waals surface area contributed by atoms with Crippen LogP contribution < -0.4 is 10.4 Å². The number of benzene rings is 2. The summed E-state index contributed by atoms with van der Waals surface area (Å²) in [6.45, 7) is 12.4. The molecule has 0 aliphatic carbocycles. The third-order valence-corrected chi connectivity index (χ3v) is 11.1. The molecular weight excluding hydrogens is 430 g/mol. The first-order valence-electron chi connectivity index (χ1n) is 11.8. The number of likely N-dealkylation sites (tertiary alicyclic amines) is 1. The van der Waals surface area contributed by atoms with Gasteiger partial charge < -0.3 is 9.16 Å². The van der Waals surface area contributed by atoms with Crippen molar-refractivity contribution in [2.75, 3.05) is 6.61 Å². The van der Waals surface area contributed by atoms with Crippen LogP contribution in [0.3, 0.4) is 0 Å². The number of carbonyl (C=O) groups excluding carboxylic acids is 2. The van der Waals surface area contributed by atoms with Crippen LogP contribution in [0.25, 0.3) is 0 Å². The Kier molecular flexibility index (Phi) is 7.49. The fraction of sp³-hybridized carbons (Fsp3) is 0.481. The van der Waals surface area contributed by atoms with Gasteiger partial charge in [0.1, 0.15) is 5.60 Å². The number of piperidine rings is 1. The number of hydrogen-bond acceptors (Lipinski definition) is 4. The Balaban J connectivity index is 2.00. The number of carbonyl (C=O) groups is 2. The van der Waals surface area contributed by atoms with E-state index in [-0.39, 0.29) is 23.6 Å². The zero-order valence-electron chi connectivity index (χ0n) is 20.8. The molecule has 0 spiro atoms. The smallest absolute Gasteiger partial charge is 0.417 e. The molecule has 33 heavy (non-hydrogen) atoms. The predicted octanol–water partition coefficient (Wildman–Crippen LogP) is 4.88. The Bertz CT molecular complexity index is 908. The molecule has 3 rings (SSSR count). The summed E-state index contributed by atoms with van der Waals surface area (Å²) in [5, 5.41) is 2.18. The second-order valence-corrected chi connectivity index (χ2v) is 15.1. The van der Waals surface area contributed by atoms with Crippen LogP contribution in [-0.4, -0.2) is 43.5 Å². The third kappa shape index (κ3) is 5.56. The Hall–Kier alpha value is -2.44. The molecule has 0 N–H and O–H groups in total. The summed E-state index contributed by atoms with van der Waals surface area (Å²) >= 11 is 0. The van der Waals surface area contributed by atoms with Gasteiger partial charge in [0.2, 0.25) is 5.91 Å². The van der Waals surface area contributed by atoms with E-state index in [4.69, 9.17) is 9.16 Å². The van der Waals surface area contributed by atoms with Gasteiger partial charge in [0.15, 0.2) is 0 Å². The first-order valence-corrected chi connectivity index (χ1v) is 13.7. The van der Waals surface area contributed by atoms with E-state index in [1.165, 1.54) is 15.3 Å². The Labute approximate surface area is 199 Å². The number of hydrogen-bond donors (Lipinski definition) is 0. The number of ether oxygens (including phenoxy) is 1. The van der Waals surface area contributed by atoms with Gasteiger partial charge in [-0.3, -0.25) is 4.79 Å². The molecule has 1 heterocycles. The number of nitrogens with zero attached hydrogens (tertiary/aromatic N) is 1. The van der Waals surface area contributed by atoms with Crippen LogP contribution in [0.4, 0.5) is 4.79 Å². The van der Waals surface area contributed by atoms with Crippen LogP contribution >= 0.6 is 0 Å². The first-order chi connectivity index (χ1) is 15.5. The fourth-order valence-corrected chi connectivity index (χ4v) is 9.24. The summed E-state index contributed by atoms with van der Waals surface area (Å²) in [5.41, 5.74) is -0.668. The quantitative estimate of drug-likeness (QED) is 0.588. The highest BCUT2D eigenvalue weighted by atomic mass is 28.4. The minimum atomic E-state index is -2.76. The average molecular weight is 468 g/mol. The zero-order valence-corrected chi connectivity index (χ0v) is 21.8. The van der Waals surface area contributed by atoms with Crippen LogP contribution in [0.2, 0.25) is 5.04 Å². The van der Waals surface area contributed by atoms with Crippen molar-refractivity contribution in [2.24, 2.45) is 0 Å². The largest absolute Gasteiger partial charge is 0.443 e. The lowest BCUT2D eigenvalue weighted by molar-refractivity contribution is -0.136. The van der Waals surface area contributed by atoms with E-state index in [0.29, 0.717) is 12.8 Å². The first kappa shape index (κ1) is 25.2. The van der Waals surface area contributed by atoms with E-state index in [1.54, 1.807) is 0 Å². The molecule has 1 atom stereocenters. The van der Waals surface area contributed by atoms with Gasteiger partial charge in [0.05, 0.1) is 12.6 Å². The summed E-state index contributed by atoms with van der Waals surface area (Å²) < 4.78 is 12.6. The van der Waals surface area contributed by atoms with Crippen LogP contribution in [0.1, 0.15) is 60.8 Å². The number of imide groups is 1. The SMILES string of the molecule is CC(C)(C)OC(=O)N1C(=O)CCC[C@H]1CO[Si](c1ccccc1)(c1ccccc1)C(C)(C)C. The van der Waals surface area contributed by atoms with E-state index in [1.807, 2.05) is 57.2 Å².